The number of nitrogens with zero attached hydrogens (tertiary/aromatic N) is 1. The number of carbonyl (C=O) groups is 2. The van der Waals surface area contributed by atoms with Gasteiger partial charge in [0.1, 0.15) is 0 Å². The fourth-order valence-corrected chi connectivity index (χ4v) is 4.08. The van der Waals surface area contributed by atoms with E-state index in [9.17, 15) is 9.59 Å². The number of amides is 2. The van der Waals surface area contributed by atoms with Gasteiger partial charge in [0.05, 0.1) is 12.2 Å². The third-order valence-corrected chi connectivity index (χ3v) is 5.58. The Hall–Kier alpha value is -2.88. The average Bonchev–Trinajstić information content (AvgIpc) is 2.69. The molecular formula is C26H32N2O2. The van der Waals surface area contributed by atoms with E-state index in [-0.39, 0.29) is 23.7 Å². The molecule has 0 aliphatic carbocycles. The molecule has 1 N–H and O–H groups in total. The van der Waals surface area contributed by atoms with Crippen LogP contribution in [0.3, 0.4) is 0 Å². The van der Waals surface area contributed by atoms with Gasteiger partial charge in [0.25, 0.3) is 0 Å². The highest BCUT2D eigenvalue weighted by Crippen LogP contribution is 2.29. The maximum absolute atomic E-state index is 13.2. The Morgan fingerprint density at radius 2 is 1.67 bits per heavy atom. The maximum atomic E-state index is 13.2. The molecule has 30 heavy (non-hydrogen) atoms. The van der Waals surface area contributed by atoms with Crippen molar-refractivity contribution in [2.24, 2.45) is 5.41 Å². The number of fused-ring (bicyclic) bond motifs is 2. The molecule has 0 aromatic heterocycles. The van der Waals surface area contributed by atoms with Crippen molar-refractivity contribution in [2.45, 2.75) is 53.0 Å². The largest absolute Gasteiger partial charge is 0.356 e. The van der Waals surface area contributed by atoms with E-state index in [1.54, 1.807) is 0 Å². The molecule has 4 heteroatoms. The van der Waals surface area contributed by atoms with Crippen LogP contribution in [0.4, 0.5) is 5.69 Å². The molecule has 0 radical (unpaired) electrons. The number of para-hydroxylation sites is 1. The number of hydrogen-bond acceptors (Lipinski definition) is 2. The summed E-state index contributed by atoms with van der Waals surface area (Å²) in [5.74, 6) is 0.0308. The van der Waals surface area contributed by atoms with Crippen LogP contribution >= 0.6 is 0 Å². The number of hydrogen-bond donors (Lipinski definition) is 1. The van der Waals surface area contributed by atoms with Crippen LogP contribution in [0.2, 0.25) is 0 Å². The fourth-order valence-electron chi connectivity index (χ4n) is 4.08. The van der Waals surface area contributed by atoms with Gasteiger partial charge in [0.15, 0.2) is 0 Å². The molecular weight excluding hydrogens is 372 g/mol. The number of rotatable bonds is 7. The second kappa shape index (κ2) is 9.75. The molecule has 0 saturated heterocycles. The lowest BCUT2D eigenvalue weighted by atomic mass is 9.84. The Balaban J connectivity index is 1.69. The Bertz CT molecular complexity index is 930. The summed E-state index contributed by atoms with van der Waals surface area (Å²) in [5.41, 5.74) is 4.15. The zero-order chi connectivity index (χ0) is 21.6. The summed E-state index contributed by atoms with van der Waals surface area (Å²) in [7, 11) is 0. The predicted octanol–water partition coefficient (Wildman–Crippen LogP) is 5.43. The zero-order valence-electron chi connectivity index (χ0n) is 18.3. The van der Waals surface area contributed by atoms with E-state index in [1.165, 1.54) is 0 Å². The van der Waals surface area contributed by atoms with Gasteiger partial charge >= 0.3 is 0 Å². The van der Waals surface area contributed by atoms with Gasteiger partial charge < -0.3 is 10.2 Å². The molecule has 0 spiro atoms. The van der Waals surface area contributed by atoms with Crippen molar-refractivity contribution in [3.8, 4) is 0 Å². The van der Waals surface area contributed by atoms with Crippen LogP contribution in [0, 0.1) is 5.41 Å². The normalized spacial score (nSPS) is 14.2. The Morgan fingerprint density at radius 3 is 2.43 bits per heavy atom. The minimum Gasteiger partial charge on any atom is -0.356 e. The van der Waals surface area contributed by atoms with Crippen molar-refractivity contribution in [1.29, 1.82) is 0 Å². The van der Waals surface area contributed by atoms with Crippen molar-refractivity contribution in [3.05, 3.63) is 65.2 Å². The number of benzene rings is 2. The summed E-state index contributed by atoms with van der Waals surface area (Å²) in [4.78, 5) is 27.3. The highest BCUT2D eigenvalue weighted by Gasteiger charge is 2.23. The monoisotopic (exact) mass is 404 g/mol. The van der Waals surface area contributed by atoms with E-state index in [2.05, 4.69) is 50.4 Å². The first-order valence-corrected chi connectivity index (χ1v) is 10.8. The first kappa shape index (κ1) is 21.8. The topological polar surface area (TPSA) is 49.4 Å². The molecule has 2 aromatic rings. The Morgan fingerprint density at radius 1 is 1.00 bits per heavy atom. The van der Waals surface area contributed by atoms with E-state index in [4.69, 9.17) is 0 Å². The lowest BCUT2D eigenvalue weighted by Gasteiger charge is -2.27. The summed E-state index contributed by atoms with van der Waals surface area (Å²) < 4.78 is 0. The van der Waals surface area contributed by atoms with Crippen molar-refractivity contribution in [2.75, 3.05) is 11.4 Å². The SMILES string of the molecule is CCCC(C)(C)CC(=O)NCCC(=O)N1Cc2ccccc2/C=C\c2ccccc21. The Kier molecular flexibility index (Phi) is 7.09. The molecule has 2 aromatic carbocycles. The van der Waals surface area contributed by atoms with Gasteiger partial charge in [-0.05, 0) is 34.6 Å². The van der Waals surface area contributed by atoms with Gasteiger partial charge in [0, 0.05) is 19.4 Å². The quantitative estimate of drug-likeness (QED) is 0.669. The average molecular weight is 405 g/mol. The van der Waals surface area contributed by atoms with Crippen LogP contribution in [0.5, 0.6) is 0 Å². The third-order valence-electron chi connectivity index (χ3n) is 5.58. The van der Waals surface area contributed by atoms with Gasteiger partial charge in [-0.25, -0.2) is 0 Å². The summed E-state index contributed by atoms with van der Waals surface area (Å²) >= 11 is 0. The van der Waals surface area contributed by atoms with Crippen molar-refractivity contribution in [1.82, 2.24) is 5.32 Å². The molecule has 4 nitrogen and oxygen atoms in total. The minimum atomic E-state index is -0.0130. The van der Waals surface area contributed by atoms with Gasteiger partial charge in [0.2, 0.25) is 11.8 Å². The van der Waals surface area contributed by atoms with Crippen LogP contribution in [-0.4, -0.2) is 18.4 Å². The van der Waals surface area contributed by atoms with Crippen molar-refractivity contribution >= 4 is 29.7 Å². The second-order valence-electron chi connectivity index (χ2n) is 8.76. The molecule has 3 rings (SSSR count). The number of nitrogens with one attached hydrogen (secondary N) is 1. The minimum absolute atomic E-state index is 0.0130. The van der Waals surface area contributed by atoms with Crippen LogP contribution < -0.4 is 10.2 Å². The standard InChI is InChI=1S/C26H32N2O2/c1-4-16-26(2,3)18-24(29)27-17-15-25(30)28-19-22-11-6-5-9-20(22)13-14-21-10-7-8-12-23(21)28/h5-14H,4,15-19H2,1-3H3,(H,27,29)/b14-13-. The predicted molar refractivity (Wildman–Crippen MR) is 124 cm³/mol. The summed E-state index contributed by atoms with van der Waals surface area (Å²) in [6, 6.07) is 16.1. The molecule has 0 unspecified atom stereocenters. The maximum Gasteiger partial charge on any atom is 0.229 e. The highest BCUT2D eigenvalue weighted by molar-refractivity contribution is 5.97. The van der Waals surface area contributed by atoms with Gasteiger partial charge in [-0.1, -0.05) is 81.8 Å². The van der Waals surface area contributed by atoms with Gasteiger partial charge in [-0.3, -0.25) is 9.59 Å². The molecule has 0 fully saturated rings. The molecule has 0 atom stereocenters. The van der Waals surface area contributed by atoms with E-state index < -0.39 is 0 Å². The molecule has 1 aliphatic rings. The summed E-state index contributed by atoms with van der Waals surface area (Å²) in [6.45, 7) is 7.24. The Labute approximate surface area is 180 Å². The molecule has 1 aliphatic heterocycles. The van der Waals surface area contributed by atoms with E-state index >= 15 is 0 Å². The number of anilines is 1. The van der Waals surface area contributed by atoms with Crippen molar-refractivity contribution < 1.29 is 9.59 Å². The van der Waals surface area contributed by atoms with E-state index in [0.29, 0.717) is 19.5 Å². The summed E-state index contributed by atoms with van der Waals surface area (Å²) in [6.07, 6.45) is 7.00. The zero-order valence-corrected chi connectivity index (χ0v) is 18.3. The number of carbonyl (C=O) groups excluding carboxylic acids is 2. The highest BCUT2D eigenvalue weighted by atomic mass is 16.2. The second-order valence-corrected chi connectivity index (χ2v) is 8.76. The third kappa shape index (κ3) is 5.59. The lowest BCUT2D eigenvalue weighted by molar-refractivity contribution is -0.123. The van der Waals surface area contributed by atoms with Crippen LogP contribution in [0.25, 0.3) is 12.2 Å². The van der Waals surface area contributed by atoms with Crippen LogP contribution in [-0.2, 0) is 16.1 Å². The molecule has 2 amide bonds. The van der Waals surface area contributed by atoms with Crippen molar-refractivity contribution in [3.63, 3.8) is 0 Å². The molecule has 0 bridgehead atoms. The van der Waals surface area contributed by atoms with Crippen LogP contribution in [0.1, 0.15) is 63.1 Å². The summed E-state index contributed by atoms with van der Waals surface area (Å²) in [5, 5.41) is 2.94. The molecule has 1 heterocycles. The van der Waals surface area contributed by atoms with Gasteiger partial charge in [-0.2, -0.15) is 0 Å². The molecule has 0 saturated carbocycles. The first-order chi connectivity index (χ1) is 14.4. The smallest absolute Gasteiger partial charge is 0.229 e. The van der Waals surface area contributed by atoms with Crippen LogP contribution in [0.15, 0.2) is 48.5 Å². The van der Waals surface area contributed by atoms with E-state index in [1.807, 2.05) is 41.3 Å². The van der Waals surface area contributed by atoms with Gasteiger partial charge in [-0.15, -0.1) is 0 Å². The first-order valence-electron chi connectivity index (χ1n) is 10.8. The molecule has 158 valence electrons. The lowest BCUT2D eigenvalue weighted by Crippen LogP contribution is -2.36. The fraction of sp³-hybridized carbons (Fsp3) is 0.385. The van der Waals surface area contributed by atoms with E-state index in [0.717, 1.165) is 35.2 Å².